The lowest BCUT2D eigenvalue weighted by atomic mass is 9.86. The molecule has 3 unspecified atom stereocenters. The third-order valence-electron chi connectivity index (χ3n) is 4.79. The Balaban J connectivity index is 1.87. The van der Waals surface area contributed by atoms with Crippen LogP contribution in [-0.2, 0) is 4.79 Å². The molecule has 0 saturated heterocycles. The smallest absolute Gasteiger partial charge is 0.241 e. The summed E-state index contributed by atoms with van der Waals surface area (Å²) in [5, 5.41) is 13.0. The topological polar surface area (TPSA) is 61.8 Å². The Hall–Kier alpha value is -1.59. The number of methoxy groups -OCH3 is 1. The molecule has 1 aliphatic rings. The van der Waals surface area contributed by atoms with Crippen molar-refractivity contribution in [3.8, 4) is 5.75 Å². The van der Waals surface area contributed by atoms with Gasteiger partial charge in [0.2, 0.25) is 5.91 Å². The van der Waals surface area contributed by atoms with E-state index in [0.29, 0.717) is 0 Å². The van der Waals surface area contributed by atoms with E-state index >= 15 is 0 Å². The molecule has 0 aromatic heterocycles. The van der Waals surface area contributed by atoms with Crippen LogP contribution in [0.4, 0.5) is 5.69 Å². The van der Waals surface area contributed by atoms with E-state index in [2.05, 4.69) is 5.32 Å². The molecule has 1 aromatic carbocycles. The molecule has 1 amide bonds. The Morgan fingerprint density at radius 3 is 2.61 bits per heavy atom. The quantitative estimate of drug-likeness (QED) is 0.845. The molecule has 0 bridgehead atoms. The average Bonchev–Trinajstić information content (AvgIpc) is 2.56. The number of nitrogens with one attached hydrogen (secondary N) is 1. The first-order valence-electron chi connectivity index (χ1n) is 8.34. The number of rotatable bonds is 6. The molecule has 1 aliphatic carbocycles. The van der Waals surface area contributed by atoms with Gasteiger partial charge >= 0.3 is 0 Å². The molecule has 2 rings (SSSR count). The number of nitrogens with zero attached hydrogens (tertiary/aromatic N) is 1. The first-order chi connectivity index (χ1) is 11.0. The normalized spacial score (nSPS) is 22.7. The maximum Gasteiger partial charge on any atom is 0.241 e. The van der Waals surface area contributed by atoms with Crippen LogP contribution in [0.3, 0.4) is 0 Å². The minimum atomic E-state index is -0.244. The van der Waals surface area contributed by atoms with E-state index in [1.807, 2.05) is 43.1 Å². The largest absolute Gasteiger partial charge is 0.497 e. The second-order valence-corrected chi connectivity index (χ2v) is 6.45. The zero-order valence-corrected chi connectivity index (χ0v) is 14.3. The number of amides is 1. The minimum absolute atomic E-state index is 0.0389. The molecule has 0 radical (unpaired) electrons. The average molecular weight is 320 g/mol. The van der Waals surface area contributed by atoms with Crippen molar-refractivity contribution < 1.29 is 14.6 Å². The molecule has 1 fully saturated rings. The second-order valence-electron chi connectivity index (χ2n) is 6.45. The molecule has 5 heteroatoms. The lowest BCUT2D eigenvalue weighted by Crippen LogP contribution is -2.44. The van der Waals surface area contributed by atoms with Crippen molar-refractivity contribution >= 4 is 11.6 Å². The summed E-state index contributed by atoms with van der Waals surface area (Å²) in [6.45, 7) is 2.65. The lowest BCUT2D eigenvalue weighted by Gasteiger charge is -2.33. The molecule has 0 aliphatic heterocycles. The van der Waals surface area contributed by atoms with Crippen LogP contribution >= 0.6 is 0 Å². The molecule has 0 spiro atoms. The van der Waals surface area contributed by atoms with Gasteiger partial charge in [0.15, 0.2) is 0 Å². The third-order valence-corrected chi connectivity index (χ3v) is 4.79. The van der Waals surface area contributed by atoms with Crippen LogP contribution in [0.2, 0.25) is 0 Å². The number of hydrogen-bond donors (Lipinski definition) is 2. The Bertz CT molecular complexity index is 503. The fraction of sp³-hybridized carbons (Fsp3) is 0.611. The fourth-order valence-corrected chi connectivity index (χ4v) is 3.05. The van der Waals surface area contributed by atoms with Crippen molar-refractivity contribution in [2.75, 3.05) is 26.0 Å². The number of aliphatic hydroxyl groups excluding tert-OH is 1. The van der Waals surface area contributed by atoms with Crippen molar-refractivity contribution in [2.45, 2.75) is 44.8 Å². The van der Waals surface area contributed by atoms with Gasteiger partial charge < -0.3 is 15.2 Å². The van der Waals surface area contributed by atoms with Crippen LogP contribution in [0, 0.1) is 5.92 Å². The van der Waals surface area contributed by atoms with Gasteiger partial charge in [-0.1, -0.05) is 12.8 Å². The minimum Gasteiger partial charge on any atom is -0.497 e. The molecular formula is C18H28N2O3. The number of aliphatic hydroxyl groups is 1. The highest BCUT2D eigenvalue weighted by atomic mass is 16.5. The summed E-state index contributed by atoms with van der Waals surface area (Å²) in [7, 11) is 3.56. The van der Waals surface area contributed by atoms with E-state index in [0.717, 1.165) is 37.2 Å². The highest BCUT2D eigenvalue weighted by molar-refractivity contribution is 5.94. The van der Waals surface area contributed by atoms with Crippen molar-refractivity contribution in [1.29, 1.82) is 0 Å². The van der Waals surface area contributed by atoms with Gasteiger partial charge in [0, 0.05) is 12.2 Å². The molecular weight excluding hydrogens is 292 g/mol. The van der Waals surface area contributed by atoms with Gasteiger partial charge in [-0.15, -0.1) is 0 Å². The summed E-state index contributed by atoms with van der Waals surface area (Å²) < 4.78 is 5.11. The summed E-state index contributed by atoms with van der Waals surface area (Å²) in [6.07, 6.45) is 3.96. The molecule has 5 nitrogen and oxygen atoms in total. The molecule has 3 atom stereocenters. The zero-order valence-electron chi connectivity index (χ0n) is 14.3. The van der Waals surface area contributed by atoms with E-state index in [1.54, 1.807) is 7.11 Å². The summed E-state index contributed by atoms with van der Waals surface area (Å²) in [5.74, 6) is 0.993. The Kier molecular flexibility index (Phi) is 6.42. The van der Waals surface area contributed by atoms with Crippen LogP contribution in [0.5, 0.6) is 5.75 Å². The summed E-state index contributed by atoms with van der Waals surface area (Å²) in [6, 6.07) is 7.05. The van der Waals surface area contributed by atoms with Gasteiger partial charge in [-0.05, 0) is 57.0 Å². The van der Waals surface area contributed by atoms with Gasteiger partial charge in [-0.3, -0.25) is 9.69 Å². The molecule has 1 aromatic rings. The predicted molar refractivity (Wildman–Crippen MR) is 91.7 cm³/mol. The van der Waals surface area contributed by atoms with Crippen LogP contribution in [0.1, 0.15) is 32.6 Å². The molecule has 23 heavy (non-hydrogen) atoms. The summed E-state index contributed by atoms with van der Waals surface area (Å²) in [4.78, 5) is 14.4. The number of hydrogen-bond acceptors (Lipinski definition) is 4. The van der Waals surface area contributed by atoms with Crippen LogP contribution < -0.4 is 10.1 Å². The van der Waals surface area contributed by atoms with E-state index in [1.165, 1.54) is 6.42 Å². The maximum absolute atomic E-state index is 12.4. The number of carbonyl (C=O) groups is 1. The first kappa shape index (κ1) is 17.8. The maximum atomic E-state index is 12.4. The molecule has 1 saturated carbocycles. The van der Waals surface area contributed by atoms with Crippen LogP contribution in [0.25, 0.3) is 0 Å². The lowest BCUT2D eigenvalue weighted by molar-refractivity contribution is -0.120. The van der Waals surface area contributed by atoms with E-state index < -0.39 is 0 Å². The van der Waals surface area contributed by atoms with Gasteiger partial charge in [-0.25, -0.2) is 0 Å². The Morgan fingerprint density at radius 2 is 2.00 bits per heavy atom. The van der Waals surface area contributed by atoms with Crippen molar-refractivity contribution in [2.24, 2.45) is 5.92 Å². The SMILES string of the molecule is COc1ccc(NC(=O)C(C)N(C)CC2CCCCC2O)cc1. The summed E-state index contributed by atoms with van der Waals surface area (Å²) in [5.41, 5.74) is 0.758. The van der Waals surface area contributed by atoms with Crippen molar-refractivity contribution in [1.82, 2.24) is 4.90 Å². The number of benzene rings is 1. The Labute approximate surface area is 138 Å². The third kappa shape index (κ3) is 4.94. The standard InChI is InChI=1S/C18H28N2O3/c1-13(20(2)12-14-6-4-5-7-17(14)21)18(22)19-15-8-10-16(23-3)11-9-15/h8-11,13-14,17,21H,4-7,12H2,1-3H3,(H,19,22). The van der Waals surface area contributed by atoms with Gasteiger partial charge in [0.1, 0.15) is 5.75 Å². The van der Waals surface area contributed by atoms with E-state index in [-0.39, 0.29) is 24.0 Å². The summed E-state index contributed by atoms with van der Waals surface area (Å²) >= 11 is 0. The van der Waals surface area contributed by atoms with Gasteiger partial charge in [0.05, 0.1) is 19.3 Å². The Morgan fingerprint density at radius 1 is 1.35 bits per heavy atom. The number of ether oxygens (including phenoxy) is 1. The van der Waals surface area contributed by atoms with Crippen molar-refractivity contribution in [3.63, 3.8) is 0 Å². The monoisotopic (exact) mass is 320 g/mol. The van der Waals surface area contributed by atoms with Crippen LogP contribution in [-0.4, -0.2) is 48.8 Å². The van der Waals surface area contributed by atoms with E-state index in [9.17, 15) is 9.90 Å². The number of carbonyl (C=O) groups excluding carboxylic acids is 1. The first-order valence-corrected chi connectivity index (χ1v) is 8.34. The molecule has 0 heterocycles. The number of likely N-dealkylation sites (N-methyl/N-ethyl adjacent to an activating group) is 1. The number of anilines is 1. The molecule has 128 valence electrons. The van der Waals surface area contributed by atoms with Gasteiger partial charge in [-0.2, -0.15) is 0 Å². The highest BCUT2D eigenvalue weighted by Gasteiger charge is 2.27. The van der Waals surface area contributed by atoms with Crippen molar-refractivity contribution in [3.05, 3.63) is 24.3 Å². The second kappa shape index (κ2) is 8.31. The predicted octanol–water partition coefficient (Wildman–Crippen LogP) is 2.51. The molecule has 2 N–H and O–H groups in total. The van der Waals surface area contributed by atoms with Gasteiger partial charge in [0.25, 0.3) is 0 Å². The zero-order chi connectivity index (χ0) is 16.8. The van der Waals surface area contributed by atoms with E-state index in [4.69, 9.17) is 4.74 Å². The highest BCUT2D eigenvalue weighted by Crippen LogP contribution is 2.25. The van der Waals surface area contributed by atoms with Crippen LogP contribution in [0.15, 0.2) is 24.3 Å². The fourth-order valence-electron chi connectivity index (χ4n) is 3.05.